The SMILES string of the molecule is CCC[C@H](NC(=O)COC(=O)c1cc2c(s1)CC[C@@H](C)C2)c1ccccc1. The number of hydrogen-bond donors (Lipinski definition) is 1. The molecule has 0 radical (unpaired) electrons. The molecule has 27 heavy (non-hydrogen) atoms. The maximum absolute atomic E-state index is 12.3. The first-order chi connectivity index (χ1) is 13.1. The number of fused-ring (bicyclic) bond motifs is 1. The number of rotatable bonds is 7. The minimum Gasteiger partial charge on any atom is -0.451 e. The van der Waals surface area contributed by atoms with E-state index < -0.39 is 5.97 Å². The third-order valence-electron chi connectivity index (χ3n) is 4.98. The molecule has 5 heteroatoms. The first kappa shape index (κ1) is 19.6. The van der Waals surface area contributed by atoms with Gasteiger partial charge in [-0.1, -0.05) is 50.6 Å². The van der Waals surface area contributed by atoms with Crippen LogP contribution in [0.15, 0.2) is 36.4 Å². The summed E-state index contributed by atoms with van der Waals surface area (Å²) in [5.41, 5.74) is 2.33. The van der Waals surface area contributed by atoms with E-state index in [1.807, 2.05) is 36.4 Å². The van der Waals surface area contributed by atoms with Crippen LogP contribution in [0, 0.1) is 5.92 Å². The lowest BCUT2D eigenvalue weighted by Gasteiger charge is -2.18. The van der Waals surface area contributed by atoms with Crippen molar-refractivity contribution in [3.63, 3.8) is 0 Å². The Labute approximate surface area is 164 Å². The molecular weight excluding hydrogens is 358 g/mol. The standard InChI is InChI=1S/C22H27NO3S/c1-3-7-18(16-8-5-4-6-9-16)23-21(24)14-26-22(25)20-13-17-12-15(2)10-11-19(17)27-20/h4-6,8-9,13,15,18H,3,7,10-12,14H2,1-2H3,(H,23,24)/t15-,18+/m1/s1. The topological polar surface area (TPSA) is 55.4 Å². The summed E-state index contributed by atoms with van der Waals surface area (Å²) in [5, 5.41) is 2.98. The lowest BCUT2D eigenvalue weighted by atomic mass is 9.90. The van der Waals surface area contributed by atoms with E-state index in [1.54, 1.807) is 0 Å². The van der Waals surface area contributed by atoms with Crippen molar-refractivity contribution in [3.8, 4) is 0 Å². The summed E-state index contributed by atoms with van der Waals surface area (Å²) >= 11 is 1.51. The highest BCUT2D eigenvalue weighted by Gasteiger charge is 2.22. The second-order valence-corrected chi connectivity index (χ2v) is 8.44. The highest BCUT2D eigenvalue weighted by Crippen LogP contribution is 2.32. The molecule has 1 aromatic heterocycles. The van der Waals surface area contributed by atoms with Crippen LogP contribution < -0.4 is 5.32 Å². The van der Waals surface area contributed by atoms with E-state index in [0.29, 0.717) is 10.8 Å². The monoisotopic (exact) mass is 385 g/mol. The van der Waals surface area contributed by atoms with Gasteiger partial charge in [-0.05, 0) is 48.8 Å². The third kappa shape index (κ3) is 5.19. The predicted octanol–water partition coefficient (Wildman–Crippen LogP) is 4.69. The number of thiophene rings is 1. The average molecular weight is 386 g/mol. The Morgan fingerprint density at radius 3 is 2.81 bits per heavy atom. The Morgan fingerprint density at radius 2 is 2.07 bits per heavy atom. The highest BCUT2D eigenvalue weighted by atomic mass is 32.1. The molecule has 3 rings (SSSR count). The van der Waals surface area contributed by atoms with Gasteiger partial charge >= 0.3 is 5.97 Å². The molecule has 0 saturated heterocycles. The van der Waals surface area contributed by atoms with Crippen LogP contribution in [0.3, 0.4) is 0 Å². The van der Waals surface area contributed by atoms with Crippen LogP contribution in [0.25, 0.3) is 0 Å². The average Bonchev–Trinajstić information content (AvgIpc) is 3.09. The fourth-order valence-electron chi connectivity index (χ4n) is 3.54. The quantitative estimate of drug-likeness (QED) is 0.704. The Morgan fingerprint density at radius 1 is 1.30 bits per heavy atom. The van der Waals surface area contributed by atoms with Gasteiger partial charge < -0.3 is 10.1 Å². The van der Waals surface area contributed by atoms with Crippen LogP contribution >= 0.6 is 11.3 Å². The van der Waals surface area contributed by atoms with E-state index in [2.05, 4.69) is 19.2 Å². The third-order valence-corrected chi connectivity index (χ3v) is 6.20. The molecule has 1 aliphatic carbocycles. The summed E-state index contributed by atoms with van der Waals surface area (Å²) in [6, 6.07) is 11.8. The molecule has 0 saturated carbocycles. The van der Waals surface area contributed by atoms with Crippen molar-refractivity contribution in [1.82, 2.24) is 5.32 Å². The summed E-state index contributed by atoms with van der Waals surface area (Å²) in [6.07, 6.45) is 5.03. The molecule has 0 aliphatic heterocycles. The van der Waals surface area contributed by atoms with Crippen molar-refractivity contribution in [2.75, 3.05) is 6.61 Å². The van der Waals surface area contributed by atoms with Gasteiger partial charge in [0.1, 0.15) is 4.88 Å². The molecule has 4 nitrogen and oxygen atoms in total. The molecule has 1 aromatic carbocycles. The van der Waals surface area contributed by atoms with Gasteiger partial charge in [0.05, 0.1) is 6.04 Å². The molecule has 0 spiro atoms. The molecule has 1 N–H and O–H groups in total. The second-order valence-electron chi connectivity index (χ2n) is 7.30. The first-order valence-corrected chi connectivity index (χ1v) is 10.5. The molecule has 0 fully saturated rings. The van der Waals surface area contributed by atoms with Crippen LogP contribution in [0.2, 0.25) is 0 Å². The molecule has 1 heterocycles. The van der Waals surface area contributed by atoms with Crippen LogP contribution in [0.5, 0.6) is 0 Å². The Kier molecular flexibility index (Phi) is 6.67. The van der Waals surface area contributed by atoms with E-state index in [1.165, 1.54) is 28.2 Å². The Hall–Kier alpha value is -2.14. The van der Waals surface area contributed by atoms with Gasteiger partial charge in [-0.3, -0.25) is 4.79 Å². The van der Waals surface area contributed by atoms with Crippen molar-refractivity contribution >= 4 is 23.2 Å². The number of aryl methyl sites for hydroxylation is 1. The van der Waals surface area contributed by atoms with Crippen molar-refractivity contribution in [3.05, 3.63) is 57.3 Å². The number of carbonyl (C=O) groups excluding carboxylic acids is 2. The summed E-state index contributed by atoms with van der Waals surface area (Å²) in [5.74, 6) is -0.000200. The summed E-state index contributed by atoms with van der Waals surface area (Å²) in [6.45, 7) is 4.08. The summed E-state index contributed by atoms with van der Waals surface area (Å²) < 4.78 is 5.27. The molecule has 1 amide bonds. The van der Waals surface area contributed by atoms with Gasteiger partial charge in [-0.15, -0.1) is 11.3 Å². The fourth-order valence-corrected chi connectivity index (χ4v) is 4.64. The van der Waals surface area contributed by atoms with Gasteiger partial charge in [0.25, 0.3) is 5.91 Å². The maximum atomic E-state index is 12.3. The van der Waals surface area contributed by atoms with Crippen LogP contribution in [0.4, 0.5) is 0 Å². The number of carbonyl (C=O) groups is 2. The smallest absolute Gasteiger partial charge is 0.348 e. The molecule has 0 bridgehead atoms. The van der Waals surface area contributed by atoms with Crippen molar-refractivity contribution in [2.24, 2.45) is 5.92 Å². The number of ether oxygens (including phenoxy) is 1. The van der Waals surface area contributed by atoms with Gasteiger partial charge in [0.15, 0.2) is 6.61 Å². The van der Waals surface area contributed by atoms with Crippen LogP contribution in [-0.2, 0) is 22.4 Å². The molecule has 2 atom stereocenters. The lowest BCUT2D eigenvalue weighted by Crippen LogP contribution is -2.32. The normalized spacial score (nSPS) is 17.0. The molecule has 2 aromatic rings. The van der Waals surface area contributed by atoms with Crippen molar-refractivity contribution in [2.45, 2.75) is 52.0 Å². The largest absolute Gasteiger partial charge is 0.451 e. The Balaban J connectivity index is 1.54. The van der Waals surface area contributed by atoms with Gasteiger partial charge in [-0.2, -0.15) is 0 Å². The molecular formula is C22H27NO3S. The van der Waals surface area contributed by atoms with Crippen molar-refractivity contribution in [1.29, 1.82) is 0 Å². The first-order valence-electron chi connectivity index (χ1n) is 9.69. The highest BCUT2D eigenvalue weighted by molar-refractivity contribution is 7.14. The molecule has 144 valence electrons. The van der Waals surface area contributed by atoms with E-state index in [9.17, 15) is 9.59 Å². The zero-order valence-electron chi connectivity index (χ0n) is 16.0. The van der Waals surface area contributed by atoms with E-state index in [4.69, 9.17) is 4.74 Å². The zero-order valence-corrected chi connectivity index (χ0v) is 16.8. The number of amides is 1. The zero-order chi connectivity index (χ0) is 19.2. The Bertz CT molecular complexity index is 784. The minimum absolute atomic E-state index is 0.0575. The van der Waals surface area contributed by atoms with Gasteiger partial charge in [-0.25, -0.2) is 4.79 Å². The summed E-state index contributed by atoms with van der Waals surface area (Å²) in [7, 11) is 0. The number of esters is 1. The van der Waals surface area contributed by atoms with E-state index in [-0.39, 0.29) is 18.6 Å². The number of hydrogen-bond acceptors (Lipinski definition) is 4. The van der Waals surface area contributed by atoms with E-state index in [0.717, 1.165) is 31.2 Å². The van der Waals surface area contributed by atoms with Crippen LogP contribution in [-0.4, -0.2) is 18.5 Å². The number of nitrogens with one attached hydrogen (secondary N) is 1. The fraction of sp³-hybridized carbons (Fsp3) is 0.455. The molecule has 1 aliphatic rings. The lowest BCUT2D eigenvalue weighted by molar-refractivity contribution is -0.125. The van der Waals surface area contributed by atoms with Gasteiger partial charge in [0, 0.05) is 4.88 Å². The maximum Gasteiger partial charge on any atom is 0.348 e. The predicted molar refractivity (Wildman–Crippen MR) is 108 cm³/mol. The summed E-state index contributed by atoms with van der Waals surface area (Å²) in [4.78, 5) is 26.5. The van der Waals surface area contributed by atoms with Crippen molar-refractivity contribution < 1.29 is 14.3 Å². The van der Waals surface area contributed by atoms with E-state index >= 15 is 0 Å². The minimum atomic E-state index is -0.399. The molecule has 0 unspecified atom stereocenters. The van der Waals surface area contributed by atoms with Gasteiger partial charge in [0.2, 0.25) is 0 Å². The number of benzene rings is 1. The van der Waals surface area contributed by atoms with Crippen LogP contribution in [0.1, 0.15) is 64.8 Å². The second kappa shape index (κ2) is 9.18.